The van der Waals surface area contributed by atoms with E-state index in [1.54, 1.807) is 24.3 Å². The van der Waals surface area contributed by atoms with Crippen LogP contribution in [0.25, 0.3) is 0 Å². The molecule has 0 radical (unpaired) electrons. The van der Waals surface area contributed by atoms with Crippen molar-refractivity contribution in [2.24, 2.45) is 0 Å². The van der Waals surface area contributed by atoms with E-state index in [1.807, 2.05) is 13.8 Å². The first-order chi connectivity index (χ1) is 8.11. The molecule has 1 atom stereocenters. The zero-order chi connectivity index (χ0) is 12.7. The van der Waals surface area contributed by atoms with Gasteiger partial charge in [-0.3, -0.25) is 4.79 Å². The van der Waals surface area contributed by atoms with Crippen LogP contribution in [-0.4, -0.2) is 18.6 Å². The van der Waals surface area contributed by atoms with E-state index in [-0.39, 0.29) is 11.9 Å². The van der Waals surface area contributed by atoms with Gasteiger partial charge in [-0.15, -0.1) is 0 Å². The summed E-state index contributed by atoms with van der Waals surface area (Å²) in [6.45, 7) is 4.40. The Morgan fingerprint density at radius 1 is 1.41 bits per heavy atom. The molecule has 0 saturated carbocycles. The minimum Gasteiger partial charge on any atom is -0.493 e. The quantitative estimate of drug-likeness (QED) is 0.742. The molecule has 4 heteroatoms. The minimum atomic E-state index is 0.0230. The average molecular weight is 236 g/mol. The van der Waals surface area contributed by atoms with Gasteiger partial charge in [0.25, 0.3) is 0 Å². The van der Waals surface area contributed by atoms with Gasteiger partial charge in [0.15, 0.2) is 0 Å². The number of anilines is 1. The molecule has 1 rings (SSSR count). The van der Waals surface area contributed by atoms with E-state index in [9.17, 15) is 4.79 Å². The van der Waals surface area contributed by atoms with Gasteiger partial charge in [-0.05, 0) is 37.6 Å². The second-order valence-corrected chi connectivity index (χ2v) is 4.04. The molecule has 0 spiro atoms. The van der Waals surface area contributed by atoms with E-state index in [0.717, 1.165) is 12.2 Å². The second-order valence-electron chi connectivity index (χ2n) is 4.04. The highest BCUT2D eigenvalue weighted by atomic mass is 16.5. The SMILES string of the molecule is CCC(C)NC(=O)CCOc1ccc(N)cc1. The van der Waals surface area contributed by atoms with Crippen molar-refractivity contribution in [3.8, 4) is 5.75 Å². The fourth-order valence-corrected chi connectivity index (χ4v) is 1.27. The number of benzene rings is 1. The third-order valence-electron chi connectivity index (χ3n) is 2.50. The highest BCUT2D eigenvalue weighted by Crippen LogP contribution is 2.13. The van der Waals surface area contributed by atoms with Crippen molar-refractivity contribution in [3.63, 3.8) is 0 Å². The summed E-state index contributed by atoms with van der Waals surface area (Å²) in [7, 11) is 0. The summed E-state index contributed by atoms with van der Waals surface area (Å²) < 4.78 is 5.43. The van der Waals surface area contributed by atoms with E-state index in [0.29, 0.717) is 18.7 Å². The maximum Gasteiger partial charge on any atom is 0.223 e. The normalized spacial score (nSPS) is 11.9. The Balaban J connectivity index is 2.23. The molecule has 0 heterocycles. The summed E-state index contributed by atoms with van der Waals surface area (Å²) in [6.07, 6.45) is 1.30. The van der Waals surface area contributed by atoms with Crippen LogP contribution < -0.4 is 15.8 Å². The fourth-order valence-electron chi connectivity index (χ4n) is 1.27. The number of carbonyl (C=O) groups is 1. The number of hydrogen-bond acceptors (Lipinski definition) is 3. The summed E-state index contributed by atoms with van der Waals surface area (Å²) >= 11 is 0. The van der Waals surface area contributed by atoms with Gasteiger partial charge >= 0.3 is 0 Å². The summed E-state index contributed by atoms with van der Waals surface area (Å²) in [5, 5.41) is 2.89. The molecule has 94 valence electrons. The van der Waals surface area contributed by atoms with Crippen LogP contribution in [-0.2, 0) is 4.79 Å². The number of amides is 1. The Morgan fingerprint density at radius 2 is 2.06 bits per heavy atom. The smallest absolute Gasteiger partial charge is 0.223 e. The van der Waals surface area contributed by atoms with Crippen molar-refractivity contribution in [1.29, 1.82) is 0 Å². The predicted octanol–water partition coefficient (Wildman–Crippen LogP) is 1.95. The van der Waals surface area contributed by atoms with Crippen molar-refractivity contribution in [3.05, 3.63) is 24.3 Å². The number of nitrogens with one attached hydrogen (secondary N) is 1. The van der Waals surface area contributed by atoms with E-state index in [2.05, 4.69) is 5.32 Å². The molecule has 0 aliphatic carbocycles. The lowest BCUT2D eigenvalue weighted by Gasteiger charge is -2.11. The van der Waals surface area contributed by atoms with Crippen LogP contribution in [0.3, 0.4) is 0 Å². The molecule has 0 bridgehead atoms. The largest absolute Gasteiger partial charge is 0.493 e. The van der Waals surface area contributed by atoms with Crippen LogP contribution in [0.4, 0.5) is 5.69 Å². The second kappa shape index (κ2) is 6.78. The highest BCUT2D eigenvalue weighted by Gasteiger charge is 2.05. The number of carbonyl (C=O) groups excluding carboxylic acids is 1. The molecular formula is C13H20N2O2. The molecule has 0 aliphatic rings. The molecule has 1 aromatic carbocycles. The molecule has 1 aromatic rings. The Labute approximate surface area is 102 Å². The predicted molar refractivity (Wildman–Crippen MR) is 68.9 cm³/mol. The molecule has 0 saturated heterocycles. The number of ether oxygens (including phenoxy) is 1. The molecule has 4 nitrogen and oxygen atoms in total. The Bertz CT molecular complexity index is 349. The summed E-state index contributed by atoms with van der Waals surface area (Å²) in [5.74, 6) is 0.755. The maximum absolute atomic E-state index is 11.4. The Hall–Kier alpha value is -1.71. The van der Waals surface area contributed by atoms with Crippen LogP contribution in [0.5, 0.6) is 5.75 Å². The molecular weight excluding hydrogens is 216 g/mol. The van der Waals surface area contributed by atoms with Gasteiger partial charge in [0.1, 0.15) is 5.75 Å². The van der Waals surface area contributed by atoms with Crippen LogP contribution in [0.1, 0.15) is 26.7 Å². The summed E-state index contributed by atoms with van der Waals surface area (Å²) in [4.78, 5) is 11.4. The van der Waals surface area contributed by atoms with Crippen LogP contribution in [0.2, 0.25) is 0 Å². The third-order valence-corrected chi connectivity index (χ3v) is 2.50. The zero-order valence-electron chi connectivity index (χ0n) is 10.4. The van der Waals surface area contributed by atoms with Crippen molar-refractivity contribution >= 4 is 11.6 Å². The van der Waals surface area contributed by atoms with Gasteiger partial charge in [-0.25, -0.2) is 0 Å². The third kappa shape index (κ3) is 5.24. The van der Waals surface area contributed by atoms with Crippen molar-refractivity contribution in [2.45, 2.75) is 32.7 Å². The lowest BCUT2D eigenvalue weighted by molar-refractivity contribution is -0.122. The lowest BCUT2D eigenvalue weighted by Crippen LogP contribution is -2.32. The van der Waals surface area contributed by atoms with E-state index in [4.69, 9.17) is 10.5 Å². The molecule has 3 N–H and O–H groups in total. The van der Waals surface area contributed by atoms with Crippen molar-refractivity contribution < 1.29 is 9.53 Å². The summed E-state index contributed by atoms with van der Waals surface area (Å²) in [6, 6.07) is 7.35. The molecule has 1 unspecified atom stereocenters. The first-order valence-electron chi connectivity index (χ1n) is 5.89. The maximum atomic E-state index is 11.4. The minimum absolute atomic E-state index is 0.0230. The lowest BCUT2D eigenvalue weighted by atomic mass is 10.2. The monoisotopic (exact) mass is 236 g/mol. The van der Waals surface area contributed by atoms with Gasteiger partial charge in [-0.2, -0.15) is 0 Å². The topological polar surface area (TPSA) is 64.3 Å². The van der Waals surface area contributed by atoms with Gasteiger partial charge < -0.3 is 15.8 Å². The fraction of sp³-hybridized carbons (Fsp3) is 0.462. The van der Waals surface area contributed by atoms with E-state index >= 15 is 0 Å². The van der Waals surface area contributed by atoms with Crippen LogP contribution in [0.15, 0.2) is 24.3 Å². The van der Waals surface area contributed by atoms with Crippen molar-refractivity contribution in [2.75, 3.05) is 12.3 Å². The van der Waals surface area contributed by atoms with Gasteiger partial charge in [-0.1, -0.05) is 6.92 Å². The molecule has 0 aliphatic heterocycles. The standard InChI is InChI=1S/C13H20N2O2/c1-3-10(2)15-13(16)8-9-17-12-6-4-11(14)5-7-12/h4-7,10H,3,8-9,14H2,1-2H3,(H,15,16). The average Bonchev–Trinajstić information content (AvgIpc) is 2.31. The first-order valence-corrected chi connectivity index (χ1v) is 5.89. The number of nitrogens with two attached hydrogens (primary N) is 1. The van der Waals surface area contributed by atoms with Crippen molar-refractivity contribution in [1.82, 2.24) is 5.32 Å². The molecule has 17 heavy (non-hydrogen) atoms. The molecule has 1 amide bonds. The Morgan fingerprint density at radius 3 is 2.65 bits per heavy atom. The van der Waals surface area contributed by atoms with E-state index in [1.165, 1.54) is 0 Å². The van der Waals surface area contributed by atoms with Crippen LogP contribution >= 0.6 is 0 Å². The number of rotatable bonds is 6. The highest BCUT2D eigenvalue weighted by molar-refractivity contribution is 5.76. The first kappa shape index (κ1) is 13.4. The molecule has 0 aromatic heterocycles. The Kier molecular flexibility index (Phi) is 5.33. The van der Waals surface area contributed by atoms with Gasteiger partial charge in [0, 0.05) is 11.7 Å². The molecule has 0 fully saturated rings. The van der Waals surface area contributed by atoms with Gasteiger partial charge in [0.05, 0.1) is 13.0 Å². The van der Waals surface area contributed by atoms with Crippen LogP contribution in [0, 0.1) is 0 Å². The van der Waals surface area contributed by atoms with Gasteiger partial charge in [0.2, 0.25) is 5.91 Å². The number of hydrogen-bond donors (Lipinski definition) is 2. The van der Waals surface area contributed by atoms with E-state index < -0.39 is 0 Å². The zero-order valence-corrected chi connectivity index (χ0v) is 10.4. The number of nitrogen functional groups attached to an aromatic ring is 1. The summed E-state index contributed by atoms with van der Waals surface area (Å²) in [5.41, 5.74) is 6.25.